The van der Waals surface area contributed by atoms with Crippen LogP contribution in [0.4, 0.5) is 4.39 Å². The predicted molar refractivity (Wildman–Crippen MR) is 120 cm³/mol. The second-order valence-electron chi connectivity index (χ2n) is 7.43. The predicted octanol–water partition coefficient (Wildman–Crippen LogP) is 3.61. The number of aryl methyl sites for hydroxylation is 1. The lowest BCUT2D eigenvalue weighted by atomic mass is 9.93. The molecule has 0 atom stereocenters. The number of hydrogen-bond acceptors (Lipinski definition) is 5. The maximum atomic E-state index is 15.0. The summed E-state index contributed by atoms with van der Waals surface area (Å²) in [5.41, 5.74) is 8.92. The Morgan fingerprint density at radius 2 is 1.88 bits per heavy atom. The summed E-state index contributed by atoms with van der Waals surface area (Å²) in [6.45, 7) is 0.158. The van der Waals surface area contributed by atoms with Crippen LogP contribution >= 0.6 is 0 Å². The third kappa shape index (κ3) is 2.87. The van der Waals surface area contributed by atoms with Gasteiger partial charge in [-0.05, 0) is 23.8 Å². The molecular weight excluding hydrogens is 407 g/mol. The van der Waals surface area contributed by atoms with E-state index in [1.807, 2.05) is 6.07 Å². The van der Waals surface area contributed by atoms with Gasteiger partial charge in [0, 0.05) is 40.9 Å². The van der Waals surface area contributed by atoms with E-state index in [1.165, 1.54) is 6.07 Å². The average molecular weight is 424 g/mol. The summed E-state index contributed by atoms with van der Waals surface area (Å²) in [5.74, 6) is -0.415. The van der Waals surface area contributed by atoms with E-state index in [2.05, 4.69) is 21.4 Å². The molecule has 8 heteroatoms. The highest BCUT2D eigenvalue weighted by molar-refractivity contribution is 5.98. The molecule has 0 aliphatic heterocycles. The summed E-state index contributed by atoms with van der Waals surface area (Å²) < 4.78 is 16.6. The normalized spacial score (nSPS) is 11.2. The van der Waals surface area contributed by atoms with Gasteiger partial charge in [0.1, 0.15) is 11.9 Å². The molecule has 2 heterocycles. The van der Waals surface area contributed by atoms with Crippen molar-refractivity contribution in [1.82, 2.24) is 20.0 Å². The average Bonchev–Trinajstić information content (AvgIpc) is 3.20. The first-order valence-electron chi connectivity index (χ1n) is 9.89. The van der Waals surface area contributed by atoms with Gasteiger partial charge in [-0.15, -0.1) is 0 Å². The van der Waals surface area contributed by atoms with Gasteiger partial charge >= 0.3 is 0 Å². The lowest BCUT2D eigenvalue weighted by molar-refractivity contribution is 0.640. The van der Waals surface area contributed by atoms with Crippen molar-refractivity contribution in [2.45, 2.75) is 6.54 Å². The van der Waals surface area contributed by atoms with Gasteiger partial charge in [0.25, 0.3) is 5.56 Å². The van der Waals surface area contributed by atoms with Crippen molar-refractivity contribution in [2.24, 2.45) is 12.8 Å². The van der Waals surface area contributed by atoms with Crippen LogP contribution in [0.15, 0.2) is 59.5 Å². The van der Waals surface area contributed by atoms with Crippen LogP contribution in [0.5, 0.6) is 0 Å². The van der Waals surface area contributed by atoms with Crippen LogP contribution in [0.2, 0.25) is 0 Å². The molecule has 0 amide bonds. The molecule has 3 N–H and O–H groups in total. The Kier molecular flexibility index (Phi) is 4.54. The minimum absolute atomic E-state index is 0.158. The molecule has 2 aromatic heterocycles. The van der Waals surface area contributed by atoms with Crippen molar-refractivity contribution in [3.8, 4) is 28.5 Å². The van der Waals surface area contributed by atoms with Crippen LogP contribution < -0.4 is 11.3 Å². The number of rotatable bonds is 3. The Labute approximate surface area is 181 Å². The molecule has 0 fully saturated rings. The molecule has 0 spiro atoms. The molecule has 0 radical (unpaired) electrons. The number of benzene rings is 3. The Hall–Kier alpha value is -4.35. The number of H-pyrrole nitrogens is 1. The largest absolute Gasteiger partial charge is 0.325 e. The summed E-state index contributed by atoms with van der Waals surface area (Å²) in [7, 11) is 1.74. The standard InChI is InChI=1S/C24H17FN6O/c1-31-23(18-9-21(25)15-5-3-2-4-14(15)19(18)10-26)20(12-28-31)13-6-7-16-17(8-13)22(11-27)29-30-24(16)32/h2-9,12H,11,27H2,1H3,(H,30,32). The van der Waals surface area contributed by atoms with Gasteiger partial charge in [-0.3, -0.25) is 9.48 Å². The smallest absolute Gasteiger partial charge is 0.272 e. The highest BCUT2D eigenvalue weighted by Gasteiger charge is 2.20. The fourth-order valence-corrected chi connectivity index (χ4v) is 4.15. The number of aromatic nitrogens is 4. The molecule has 156 valence electrons. The van der Waals surface area contributed by atoms with Crippen molar-refractivity contribution in [1.29, 1.82) is 5.26 Å². The quantitative estimate of drug-likeness (QED) is 0.459. The fourth-order valence-electron chi connectivity index (χ4n) is 4.15. The van der Waals surface area contributed by atoms with Crippen LogP contribution in [0, 0.1) is 17.1 Å². The minimum Gasteiger partial charge on any atom is -0.325 e. The maximum Gasteiger partial charge on any atom is 0.272 e. The number of halogens is 1. The van der Waals surface area contributed by atoms with Gasteiger partial charge in [-0.25, -0.2) is 9.49 Å². The van der Waals surface area contributed by atoms with E-state index in [9.17, 15) is 14.4 Å². The van der Waals surface area contributed by atoms with Gasteiger partial charge in [-0.1, -0.05) is 30.3 Å². The molecule has 32 heavy (non-hydrogen) atoms. The zero-order chi connectivity index (χ0) is 22.4. The second kappa shape index (κ2) is 7.41. The summed E-state index contributed by atoms with van der Waals surface area (Å²) in [4.78, 5) is 12.2. The Morgan fingerprint density at radius 3 is 2.62 bits per heavy atom. The third-order valence-corrected chi connectivity index (χ3v) is 5.67. The highest BCUT2D eigenvalue weighted by Crippen LogP contribution is 2.38. The molecule has 3 aromatic carbocycles. The second-order valence-corrected chi connectivity index (χ2v) is 7.43. The van der Waals surface area contributed by atoms with E-state index in [1.54, 1.807) is 54.3 Å². The van der Waals surface area contributed by atoms with Crippen LogP contribution in [0.1, 0.15) is 11.3 Å². The third-order valence-electron chi connectivity index (χ3n) is 5.67. The molecule has 0 aliphatic rings. The van der Waals surface area contributed by atoms with Crippen molar-refractivity contribution in [2.75, 3.05) is 0 Å². The van der Waals surface area contributed by atoms with Crippen molar-refractivity contribution >= 4 is 21.5 Å². The summed E-state index contributed by atoms with van der Waals surface area (Å²) >= 11 is 0. The zero-order valence-corrected chi connectivity index (χ0v) is 17.1. The van der Waals surface area contributed by atoms with Gasteiger partial charge in [0.2, 0.25) is 0 Å². The van der Waals surface area contributed by atoms with Crippen molar-refractivity contribution < 1.29 is 4.39 Å². The first kappa shape index (κ1) is 19.6. The molecule has 0 saturated heterocycles. The van der Waals surface area contributed by atoms with E-state index in [0.717, 1.165) is 5.56 Å². The lowest BCUT2D eigenvalue weighted by Gasteiger charge is -2.12. The Bertz CT molecular complexity index is 1630. The van der Waals surface area contributed by atoms with Crippen LogP contribution in [-0.4, -0.2) is 20.0 Å². The van der Waals surface area contributed by atoms with E-state index in [0.29, 0.717) is 49.6 Å². The van der Waals surface area contributed by atoms with Crippen LogP contribution in [0.25, 0.3) is 43.9 Å². The Morgan fingerprint density at radius 1 is 1.09 bits per heavy atom. The molecule has 5 rings (SSSR count). The summed E-state index contributed by atoms with van der Waals surface area (Å²) in [6.07, 6.45) is 1.66. The van der Waals surface area contributed by atoms with Crippen molar-refractivity contribution in [3.63, 3.8) is 0 Å². The van der Waals surface area contributed by atoms with E-state index < -0.39 is 5.82 Å². The minimum atomic E-state index is -0.415. The van der Waals surface area contributed by atoms with Gasteiger partial charge in [0.05, 0.1) is 28.5 Å². The number of nitrogens with one attached hydrogen (secondary N) is 1. The fraction of sp³-hybridized carbons (Fsp3) is 0.0833. The number of nitrogens with zero attached hydrogens (tertiary/aromatic N) is 4. The molecule has 0 aliphatic carbocycles. The number of nitriles is 1. The van der Waals surface area contributed by atoms with Crippen LogP contribution in [-0.2, 0) is 13.6 Å². The lowest BCUT2D eigenvalue weighted by Crippen LogP contribution is -2.13. The summed E-state index contributed by atoms with van der Waals surface area (Å²) in [5, 5.41) is 22.8. The molecule has 0 unspecified atom stereocenters. The molecule has 5 aromatic rings. The topological polar surface area (TPSA) is 113 Å². The van der Waals surface area contributed by atoms with Gasteiger partial charge in [0.15, 0.2) is 0 Å². The zero-order valence-electron chi connectivity index (χ0n) is 17.1. The molecular formula is C24H17FN6O. The number of nitrogens with two attached hydrogens (primary N) is 1. The van der Waals surface area contributed by atoms with E-state index >= 15 is 0 Å². The van der Waals surface area contributed by atoms with E-state index in [4.69, 9.17) is 5.73 Å². The first-order valence-corrected chi connectivity index (χ1v) is 9.89. The van der Waals surface area contributed by atoms with E-state index in [-0.39, 0.29) is 12.1 Å². The SMILES string of the molecule is Cn1ncc(-c2ccc3c(=O)[nH]nc(CN)c3c2)c1-c1cc(F)c2ccccc2c1C#N. The summed E-state index contributed by atoms with van der Waals surface area (Å²) in [6, 6.07) is 15.8. The van der Waals surface area contributed by atoms with Gasteiger partial charge in [-0.2, -0.15) is 15.5 Å². The first-order chi connectivity index (χ1) is 15.5. The number of aromatic amines is 1. The van der Waals surface area contributed by atoms with Crippen molar-refractivity contribution in [3.05, 3.63) is 82.2 Å². The van der Waals surface area contributed by atoms with Gasteiger partial charge < -0.3 is 5.73 Å². The molecule has 0 bridgehead atoms. The monoisotopic (exact) mass is 424 g/mol. The molecule has 0 saturated carbocycles. The number of fused-ring (bicyclic) bond motifs is 2. The number of hydrogen-bond donors (Lipinski definition) is 2. The Balaban J connectivity index is 1.81. The highest BCUT2D eigenvalue weighted by atomic mass is 19.1. The molecule has 7 nitrogen and oxygen atoms in total. The maximum absolute atomic E-state index is 15.0. The van der Waals surface area contributed by atoms with Crippen LogP contribution in [0.3, 0.4) is 0 Å².